The van der Waals surface area contributed by atoms with Gasteiger partial charge in [0.05, 0.1) is 6.10 Å². The van der Waals surface area contributed by atoms with Gasteiger partial charge in [0.1, 0.15) is 0 Å². The van der Waals surface area contributed by atoms with E-state index in [2.05, 4.69) is 45.0 Å². The SMILES string of the molecule is CC(C)(C)c1ccc(C(O)CC2CCCC2)cc1. The number of hydrogen-bond donors (Lipinski definition) is 1. The van der Waals surface area contributed by atoms with Crippen molar-refractivity contribution in [2.24, 2.45) is 5.92 Å². The number of hydrogen-bond acceptors (Lipinski definition) is 1. The minimum atomic E-state index is -0.276. The van der Waals surface area contributed by atoms with Gasteiger partial charge in [-0.05, 0) is 28.9 Å². The molecule has 0 heterocycles. The lowest BCUT2D eigenvalue weighted by Gasteiger charge is -2.21. The van der Waals surface area contributed by atoms with Gasteiger partial charge >= 0.3 is 0 Å². The quantitative estimate of drug-likeness (QED) is 0.826. The van der Waals surface area contributed by atoms with Crippen LogP contribution in [0.2, 0.25) is 0 Å². The molecule has 0 bridgehead atoms. The highest BCUT2D eigenvalue weighted by atomic mass is 16.3. The smallest absolute Gasteiger partial charge is 0.0792 e. The Kier molecular flexibility index (Phi) is 4.11. The third-order valence-electron chi connectivity index (χ3n) is 4.19. The van der Waals surface area contributed by atoms with Crippen molar-refractivity contribution in [3.63, 3.8) is 0 Å². The molecule has 1 fully saturated rings. The van der Waals surface area contributed by atoms with E-state index in [-0.39, 0.29) is 11.5 Å². The summed E-state index contributed by atoms with van der Waals surface area (Å²) in [6.45, 7) is 6.66. The summed E-state index contributed by atoms with van der Waals surface area (Å²) in [7, 11) is 0. The first-order chi connectivity index (χ1) is 8.47. The first-order valence-corrected chi connectivity index (χ1v) is 7.25. The fraction of sp³-hybridized carbons (Fsp3) is 0.647. The van der Waals surface area contributed by atoms with Gasteiger partial charge < -0.3 is 5.11 Å². The highest BCUT2D eigenvalue weighted by Gasteiger charge is 2.20. The van der Waals surface area contributed by atoms with Gasteiger partial charge in [-0.1, -0.05) is 70.7 Å². The molecule has 100 valence electrons. The van der Waals surface area contributed by atoms with Crippen LogP contribution >= 0.6 is 0 Å². The molecule has 1 aromatic rings. The average Bonchev–Trinajstić information content (AvgIpc) is 2.81. The Morgan fingerprint density at radius 2 is 1.67 bits per heavy atom. The Morgan fingerprint density at radius 1 is 1.11 bits per heavy atom. The van der Waals surface area contributed by atoms with E-state index in [1.807, 2.05) is 0 Å². The van der Waals surface area contributed by atoms with Gasteiger partial charge in [0.15, 0.2) is 0 Å². The van der Waals surface area contributed by atoms with Gasteiger partial charge in [-0.15, -0.1) is 0 Å². The molecule has 1 heteroatoms. The Bertz CT molecular complexity index is 366. The molecule has 1 N–H and O–H groups in total. The lowest BCUT2D eigenvalue weighted by molar-refractivity contribution is 0.145. The molecule has 1 atom stereocenters. The number of benzene rings is 1. The molecular formula is C17H26O. The molecule has 18 heavy (non-hydrogen) atoms. The normalized spacial score (nSPS) is 19.1. The van der Waals surface area contributed by atoms with E-state index in [0.717, 1.165) is 17.9 Å². The van der Waals surface area contributed by atoms with Crippen LogP contribution in [-0.4, -0.2) is 5.11 Å². The summed E-state index contributed by atoms with van der Waals surface area (Å²) in [6.07, 6.45) is 5.96. The van der Waals surface area contributed by atoms with Crippen LogP contribution in [0.5, 0.6) is 0 Å². The third kappa shape index (κ3) is 3.35. The minimum absolute atomic E-state index is 0.189. The van der Waals surface area contributed by atoms with Crippen LogP contribution < -0.4 is 0 Å². The summed E-state index contributed by atoms with van der Waals surface area (Å²) < 4.78 is 0. The predicted octanol–water partition coefficient (Wildman–Crippen LogP) is 4.60. The standard InChI is InChI=1S/C17H26O/c1-17(2,3)15-10-8-14(9-11-15)16(18)12-13-6-4-5-7-13/h8-11,13,16,18H,4-7,12H2,1-3H3. The Hall–Kier alpha value is -0.820. The van der Waals surface area contributed by atoms with Crippen molar-refractivity contribution in [3.8, 4) is 0 Å². The first kappa shape index (κ1) is 13.6. The molecule has 0 aromatic heterocycles. The molecule has 1 nitrogen and oxygen atoms in total. The lowest BCUT2D eigenvalue weighted by Crippen LogP contribution is -2.11. The maximum Gasteiger partial charge on any atom is 0.0792 e. The van der Waals surface area contributed by atoms with Crippen LogP contribution in [0.15, 0.2) is 24.3 Å². The zero-order valence-corrected chi connectivity index (χ0v) is 11.9. The van der Waals surface area contributed by atoms with E-state index in [9.17, 15) is 5.11 Å². The van der Waals surface area contributed by atoms with Crippen molar-refractivity contribution in [1.29, 1.82) is 0 Å². The molecule has 1 aromatic carbocycles. The Morgan fingerprint density at radius 3 is 2.17 bits per heavy atom. The van der Waals surface area contributed by atoms with Gasteiger partial charge in [-0.2, -0.15) is 0 Å². The molecule has 0 amide bonds. The van der Waals surface area contributed by atoms with Gasteiger partial charge in [0, 0.05) is 0 Å². The van der Waals surface area contributed by atoms with Crippen LogP contribution in [0.1, 0.15) is 70.1 Å². The Labute approximate surface area is 111 Å². The molecule has 0 aliphatic heterocycles. The maximum atomic E-state index is 10.3. The highest BCUT2D eigenvalue weighted by molar-refractivity contribution is 5.28. The van der Waals surface area contributed by atoms with Gasteiger partial charge in [0.25, 0.3) is 0 Å². The summed E-state index contributed by atoms with van der Waals surface area (Å²) in [5, 5.41) is 10.3. The predicted molar refractivity (Wildman–Crippen MR) is 76.7 cm³/mol. The molecular weight excluding hydrogens is 220 g/mol. The van der Waals surface area contributed by atoms with Crippen LogP contribution in [-0.2, 0) is 5.41 Å². The lowest BCUT2D eigenvalue weighted by atomic mass is 9.86. The molecule has 1 aliphatic rings. The van der Waals surface area contributed by atoms with E-state index < -0.39 is 0 Å². The van der Waals surface area contributed by atoms with Crippen molar-refractivity contribution in [1.82, 2.24) is 0 Å². The molecule has 0 spiro atoms. The van der Waals surface area contributed by atoms with Crippen molar-refractivity contribution in [2.45, 2.75) is 64.4 Å². The second kappa shape index (κ2) is 5.44. The summed E-state index contributed by atoms with van der Waals surface area (Å²) in [4.78, 5) is 0. The molecule has 1 aliphatic carbocycles. The first-order valence-electron chi connectivity index (χ1n) is 7.25. The van der Waals surface area contributed by atoms with Crippen LogP contribution in [0.4, 0.5) is 0 Å². The number of aliphatic hydroxyl groups excluding tert-OH is 1. The maximum absolute atomic E-state index is 10.3. The molecule has 1 saturated carbocycles. The fourth-order valence-corrected chi connectivity index (χ4v) is 2.90. The second-order valence-corrected chi connectivity index (χ2v) is 6.77. The van der Waals surface area contributed by atoms with Crippen molar-refractivity contribution < 1.29 is 5.11 Å². The number of aliphatic hydroxyl groups is 1. The van der Waals surface area contributed by atoms with E-state index in [0.29, 0.717) is 0 Å². The van der Waals surface area contributed by atoms with Crippen molar-refractivity contribution in [3.05, 3.63) is 35.4 Å². The summed E-state index contributed by atoms with van der Waals surface area (Å²) >= 11 is 0. The summed E-state index contributed by atoms with van der Waals surface area (Å²) in [5.74, 6) is 0.738. The number of rotatable bonds is 3. The van der Waals surface area contributed by atoms with Crippen LogP contribution in [0.25, 0.3) is 0 Å². The zero-order chi connectivity index (χ0) is 13.2. The largest absolute Gasteiger partial charge is 0.388 e. The van der Waals surface area contributed by atoms with Crippen molar-refractivity contribution >= 4 is 0 Å². The van der Waals surface area contributed by atoms with E-state index in [1.54, 1.807) is 0 Å². The average molecular weight is 246 g/mol. The molecule has 0 saturated heterocycles. The van der Waals surface area contributed by atoms with Crippen LogP contribution in [0.3, 0.4) is 0 Å². The second-order valence-electron chi connectivity index (χ2n) is 6.77. The highest BCUT2D eigenvalue weighted by Crippen LogP contribution is 2.33. The van der Waals surface area contributed by atoms with Crippen molar-refractivity contribution in [2.75, 3.05) is 0 Å². The fourth-order valence-electron chi connectivity index (χ4n) is 2.90. The topological polar surface area (TPSA) is 20.2 Å². The molecule has 1 unspecified atom stereocenters. The van der Waals surface area contributed by atoms with Crippen LogP contribution in [0, 0.1) is 5.92 Å². The van der Waals surface area contributed by atoms with E-state index >= 15 is 0 Å². The van der Waals surface area contributed by atoms with E-state index in [1.165, 1.54) is 31.2 Å². The summed E-state index contributed by atoms with van der Waals surface area (Å²) in [6, 6.07) is 8.51. The molecule has 2 rings (SSSR count). The van der Waals surface area contributed by atoms with E-state index in [4.69, 9.17) is 0 Å². The summed E-state index contributed by atoms with van der Waals surface area (Å²) in [5.41, 5.74) is 2.60. The third-order valence-corrected chi connectivity index (χ3v) is 4.19. The molecule has 0 radical (unpaired) electrons. The Balaban J connectivity index is 2.00. The van der Waals surface area contributed by atoms with Gasteiger partial charge in [-0.25, -0.2) is 0 Å². The van der Waals surface area contributed by atoms with Gasteiger partial charge in [-0.3, -0.25) is 0 Å². The van der Waals surface area contributed by atoms with Gasteiger partial charge in [0.2, 0.25) is 0 Å². The zero-order valence-electron chi connectivity index (χ0n) is 11.9. The monoisotopic (exact) mass is 246 g/mol. The minimum Gasteiger partial charge on any atom is -0.388 e.